The minimum absolute atomic E-state index is 0.262. The molecule has 1 heterocycles. The van der Waals surface area contributed by atoms with Crippen LogP contribution in [0.1, 0.15) is 55.2 Å². The topological polar surface area (TPSA) is 99.3 Å². The molecule has 1 aromatic heterocycles. The van der Waals surface area contributed by atoms with E-state index in [2.05, 4.69) is 11.9 Å². The predicted molar refractivity (Wildman–Crippen MR) is 117 cm³/mol. The van der Waals surface area contributed by atoms with Gasteiger partial charge >= 0.3 is 10.3 Å². The van der Waals surface area contributed by atoms with Crippen molar-refractivity contribution in [3.63, 3.8) is 0 Å². The van der Waals surface area contributed by atoms with Gasteiger partial charge in [0, 0.05) is 17.8 Å². The number of allylic oxidation sites excluding steroid dienone is 1. The van der Waals surface area contributed by atoms with Gasteiger partial charge in [-0.15, -0.1) is 0 Å². The summed E-state index contributed by atoms with van der Waals surface area (Å²) < 4.78 is 27.4. The van der Waals surface area contributed by atoms with Crippen LogP contribution in [0.2, 0.25) is 0 Å². The molecule has 4 unspecified atom stereocenters. The summed E-state index contributed by atoms with van der Waals surface area (Å²) in [6.07, 6.45) is 10.0. The van der Waals surface area contributed by atoms with Gasteiger partial charge in [-0.2, -0.15) is 13.6 Å². The maximum absolute atomic E-state index is 13.4. The summed E-state index contributed by atoms with van der Waals surface area (Å²) >= 11 is 0. The zero-order valence-corrected chi connectivity index (χ0v) is 18.3. The fourth-order valence-corrected chi connectivity index (χ4v) is 6.58. The van der Waals surface area contributed by atoms with Crippen LogP contribution in [0.5, 0.6) is 5.75 Å². The first kappa shape index (κ1) is 20.4. The van der Waals surface area contributed by atoms with Crippen molar-refractivity contribution in [1.29, 1.82) is 0 Å². The highest BCUT2D eigenvalue weighted by atomic mass is 32.2. The summed E-state index contributed by atoms with van der Waals surface area (Å²) in [6, 6.07) is 9.35. The zero-order chi connectivity index (χ0) is 21.8. The zero-order valence-electron chi connectivity index (χ0n) is 17.5. The van der Waals surface area contributed by atoms with Gasteiger partial charge in [0.2, 0.25) is 0 Å². The minimum Gasteiger partial charge on any atom is -0.371 e. The number of nitrogens with zero attached hydrogens (tertiary/aromatic N) is 1. The Hall–Kier alpha value is -2.51. The maximum atomic E-state index is 13.4. The second-order valence-electron chi connectivity index (χ2n) is 9.30. The Kier molecular flexibility index (Phi) is 4.79. The van der Waals surface area contributed by atoms with Crippen LogP contribution >= 0.6 is 0 Å². The van der Waals surface area contributed by atoms with Gasteiger partial charge in [0.05, 0.1) is 0 Å². The molecule has 4 atom stereocenters. The van der Waals surface area contributed by atoms with Crippen LogP contribution in [0.3, 0.4) is 0 Å². The van der Waals surface area contributed by atoms with Gasteiger partial charge in [0.1, 0.15) is 5.75 Å². The van der Waals surface area contributed by atoms with Gasteiger partial charge in [-0.1, -0.05) is 19.1 Å². The van der Waals surface area contributed by atoms with Crippen molar-refractivity contribution in [3.05, 3.63) is 65.0 Å². The number of pyridine rings is 1. The summed E-state index contributed by atoms with van der Waals surface area (Å²) in [5, 5.41) is 5.01. The monoisotopic (exact) mass is 438 g/mol. The van der Waals surface area contributed by atoms with Crippen molar-refractivity contribution in [2.24, 2.45) is 22.4 Å². The van der Waals surface area contributed by atoms with Crippen LogP contribution in [0, 0.1) is 17.3 Å². The number of rotatable bonds is 3. The van der Waals surface area contributed by atoms with Crippen molar-refractivity contribution in [1.82, 2.24) is 4.98 Å². The second-order valence-corrected chi connectivity index (χ2v) is 10.4. The van der Waals surface area contributed by atoms with Gasteiger partial charge in [-0.3, -0.25) is 9.78 Å². The van der Waals surface area contributed by atoms with E-state index in [1.54, 1.807) is 24.5 Å². The van der Waals surface area contributed by atoms with E-state index in [0.29, 0.717) is 23.5 Å². The highest BCUT2D eigenvalue weighted by Gasteiger charge is 2.56. The molecule has 6 nitrogen and oxygen atoms in total. The van der Waals surface area contributed by atoms with E-state index in [1.165, 1.54) is 5.56 Å². The van der Waals surface area contributed by atoms with E-state index in [0.717, 1.165) is 48.8 Å². The Bertz CT molecular complexity index is 1180. The molecule has 5 rings (SSSR count). The lowest BCUT2D eigenvalue weighted by Gasteiger charge is -2.48. The lowest BCUT2D eigenvalue weighted by atomic mass is 9.55. The Labute approximate surface area is 182 Å². The molecule has 0 aliphatic heterocycles. The third kappa shape index (κ3) is 3.59. The van der Waals surface area contributed by atoms with E-state index in [1.807, 2.05) is 24.3 Å². The highest BCUT2D eigenvalue weighted by molar-refractivity contribution is 7.84. The smallest absolute Gasteiger partial charge is 0.371 e. The van der Waals surface area contributed by atoms with Crippen LogP contribution in [0.25, 0.3) is 6.08 Å². The number of nitrogens with two attached hydrogens (primary N) is 1. The maximum Gasteiger partial charge on any atom is 0.380 e. The van der Waals surface area contributed by atoms with E-state index in [4.69, 9.17) is 9.32 Å². The first-order valence-corrected chi connectivity index (χ1v) is 12.2. The molecule has 31 heavy (non-hydrogen) atoms. The predicted octanol–water partition coefficient (Wildman–Crippen LogP) is 3.78. The molecular formula is C24H26N2O4S. The number of carbonyl (C=O) groups excluding carboxylic acids is 1. The van der Waals surface area contributed by atoms with E-state index in [9.17, 15) is 13.2 Å². The van der Waals surface area contributed by atoms with Crippen LogP contribution in [0.15, 0.2) is 48.3 Å². The van der Waals surface area contributed by atoms with Gasteiger partial charge < -0.3 is 4.18 Å². The van der Waals surface area contributed by atoms with Crippen LogP contribution in [-0.2, 0) is 21.5 Å². The molecule has 2 aromatic rings. The normalized spacial score (nSPS) is 31.1. The molecule has 3 aliphatic rings. The fourth-order valence-electron chi connectivity index (χ4n) is 6.21. The fraction of sp³-hybridized carbons (Fsp3) is 0.417. The standard InChI is InChI=1S/C24H26N2O4S/c1-24-9-8-20-19-7-5-18(30-31(25,28)29)12-16(19)4-6-21(20)22(24)13-17(23(24)27)11-15-3-2-10-26-14-15/h2-3,5,7,10-12,14,20-22H,4,6,8-9,13H2,1H3,(H2,25,28,29). The molecule has 1 aromatic carbocycles. The molecule has 3 aliphatic carbocycles. The third-order valence-corrected chi connectivity index (χ3v) is 8.00. The van der Waals surface area contributed by atoms with Gasteiger partial charge in [-0.05, 0) is 96.4 Å². The van der Waals surface area contributed by atoms with Crippen molar-refractivity contribution in [2.75, 3.05) is 0 Å². The quantitative estimate of drug-likeness (QED) is 0.735. The Morgan fingerprint density at radius 1 is 1.26 bits per heavy atom. The number of hydrogen-bond acceptors (Lipinski definition) is 5. The number of fused-ring (bicyclic) bond motifs is 5. The van der Waals surface area contributed by atoms with Crippen molar-refractivity contribution < 1.29 is 17.4 Å². The number of aromatic nitrogens is 1. The molecule has 2 saturated carbocycles. The van der Waals surface area contributed by atoms with E-state index in [-0.39, 0.29) is 11.2 Å². The lowest BCUT2D eigenvalue weighted by molar-refractivity contribution is -0.127. The molecule has 0 spiro atoms. The molecule has 7 heteroatoms. The summed E-state index contributed by atoms with van der Waals surface area (Å²) in [5.41, 5.74) is 3.98. The van der Waals surface area contributed by atoms with Gasteiger partial charge in [0.25, 0.3) is 0 Å². The Balaban J connectivity index is 1.44. The first-order chi connectivity index (χ1) is 14.7. The van der Waals surface area contributed by atoms with Crippen LogP contribution < -0.4 is 9.32 Å². The largest absolute Gasteiger partial charge is 0.380 e. The molecule has 0 radical (unpaired) electrons. The van der Waals surface area contributed by atoms with Crippen molar-refractivity contribution >= 4 is 22.2 Å². The summed E-state index contributed by atoms with van der Waals surface area (Å²) in [4.78, 5) is 17.6. The summed E-state index contributed by atoms with van der Waals surface area (Å²) in [6.45, 7) is 2.15. The van der Waals surface area contributed by atoms with Gasteiger partial charge in [0.15, 0.2) is 5.78 Å². The Morgan fingerprint density at radius 3 is 2.84 bits per heavy atom. The van der Waals surface area contributed by atoms with Crippen molar-refractivity contribution in [3.8, 4) is 5.75 Å². The molecule has 0 amide bonds. The summed E-state index contributed by atoms with van der Waals surface area (Å²) in [5.74, 6) is 1.71. The van der Waals surface area contributed by atoms with Gasteiger partial charge in [-0.25, -0.2) is 0 Å². The SMILES string of the molecule is CC12CCC3c4ccc(OS(N)(=O)=O)cc4CCC3C1CC(=Cc1cccnc1)C2=O. The molecule has 2 fully saturated rings. The number of aryl methyl sites for hydroxylation is 1. The average molecular weight is 439 g/mol. The van der Waals surface area contributed by atoms with E-state index >= 15 is 0 Å². The number of ketones is 1. The Morgan fingerprint density at radius 2 is 2.10 bits per heavy atom. The summed E-state index contributed by atoms with van der Waals surface area (Å²) in [7, 11) is -4.03. The number of hydrogen-bond donors (Lipinski definition) is 1. The highest BCUT2D eigenvalue weighted by Crippen LogP contribution is 2.60. The number of carbonyl (C=O) groups is 1. The minimum atomic E-state index is -4.03. The molecular weight excluding hydrogens is 412 g/mol. The first-order valence-electron chi connectivity index (χ1n) is 10.7. The molecule has 2 N–H and O–H groups in total. The lowest BCUT2D eigenvalue weighted by Crippen LogP contribution is -2.42. The van der Waals surface area contributed by atoms with Crippen LogP contribution in [0.4, 0.5) is 0 Å². The van der Waals surface area contributed by atoms with Crippen molar-refractivity contribution in [2.45, 2.75) is 44.9 Å². The molecule has 0 saturated heterocycles. The molecule has 0 bridgehead atoms. The average Bonchev–Trinajstić information content (AvgIpc) is 2.98. The third-order valence-electron chi connectivity index (χ3n) is 7.58. The van der Waals surface area contributed by atoms with E-state index < -0.39 is 10.3 Å². The van der Waals surface area contributed by atoms with Crippen LogP contribution in [-0.4, -0.2) is 19.2 Å². The molecule has 162 valence electrons. The number of Topliss-reactive ketones (excluding diaryl/α,β-unsaturated/α-hetero) is 1. The number of benzene rings is 1. The second kappa shape index (κ2) is 7.28.